The zero-order chi connectivity index (χ0) is 28.1. The van der Waals surface area contributed by atoms with Crippen molar-refractivity contribution in [3.63, 3.8) is 0 Å². The van der Waals surface area contributed by atoms with Gasteiger partial charge in [-0.1, -0.05) is 102 Å². The zero-order valence-electron chi connectivity index (χ0n) is 24.3. The van der Waals surface area contributed by atoms with E-state index in [-0.39, 0.29) is 22.8 Å². The van der Waals surface area contributed by atoms with Gasteiger partial charge in [0.05, 0.1) is 17.1 Å². The summed E-state index contributed by atoms with van der Waals surface area (Å²) in [4.78, 5) is 17.8. The van der Waals surface area contributed by atoms with Gasteiger partial charge in [0, 0.05) is 46.4 Å². The van der Waals surface area contributed by atoms with Crippen molar-refractivity contribution >= 4 is 17.0 Å². The molecule has 4 heteroatoms. The average molecular weight is 527 g/mol. The third-order valence-electron chi connectivity index (χ3n) is 8.01. The molecule has 0 saturated heterocycles. The zero-order valence-corrected chi connectivity index (χ0v) is 24.3. The smallest absolute Gasteiger partial charge is 0.105 e. The van der Waals surface area contributed by atoms with Gasteiger partial charge in [-0.2, -0.15) is 0 Å². The number of nitrogens with zero attached hydrogens (tertiary/aromatic N) is 2. The van der Waals surface area contributed by atoms with E-state index < -0.39 is 0 Å². The average Bonchev–Trinajstić information content (AvgIpc) is 3.66. The molecule has 4 nitrogen and oxygen atoms in total. The summed E-state index contributed by atoms with van der Waals surface area (Å²) in [5.41, 5.74) is 11.1. The first kappa shape index (κ1) is 26.1. The highest BCUT2D eigenvalue weighted by Gasteiger charge is 2.35. The minimum atomic E-state index is -0.142. The summed E-state index contributed by atoms with van der Waals surface area (Å²) >= 11 is 0. The van der Waals surface area contributed by atoms with Crippen LogP contribution in [0.15, 0.2) is 113 Å². The number of allylic oxidation sites excluding steroid dienone is 2. The van der Waals surface area contributed by atoms with Crippen LogP contribution >= 0.6 is 0 Å². The molecule has 0 saturated carbocycles. The molecule has 2 aliphatic rings. The standard InChI is InChI=1S/C36H38N4/c1-35(2,3)25-15-11-23(12-16-25)31-32(24-13-17-26(18-14-24)36(4,5)6)40-34-28(30-10-8-22-38-30)20-19-27(33(34)39-31)29-9-7-21-37-29/h7-22,27,33,37-38H,1-6H3. The van der Waals surface area contributed by atoms with Gasteiger partial charge in [0.1, 0.15) is 6.04 Å². The van der Waals surface area contributed by atoms with Crippen LogP contribution in [0.2, 0.25) is 0 Å². The Bertz CT molecular complexity index is 1610. The highest BCUT2D eigenvalue weighted by Crippen LogP contribution is 2.40. The molecule has 0 bridgehead atoms. The second-order valence-corrected chi connectivity index (χ2v) is 12.9. The Morgan fingerprint density at radius 3 is 1.75 bits per heavy atom. The third-order valence-corrected chi connectivity index (χ3v) is 8.01. The monoisotopic (exact) mass is 526 g/mol. The van der Waals surface area contributed by atoms with Crippen LogP contribution in [0.5, 0.6) is 0 Å². The van der Waals surface area contributed by atoms with Crippen LogP contribution in [-0.2, 0) is 10.8 Å². The van der Waals surface area contributed by atoms with Crippen LogP contribution in [0, 0.1) is 0 Å². The molecule has 2 atom stereocenters. The van der Waals surface area contributed by atoms with Gasteiger partial charge in [-0.05, 0) is 46.2 Å². The predicted octanol–water partition coefficient (Wildman–Crippen LogP) is 8.36. The van der Waals surface area contributed by atoms with Crippen molar-refractivity contribution in [3.05, 3.63) is 137 Å². The molecule has 2 unspecified atom stereocenters. The Morgan fingerprint density at radius 2 is 1.23 bits per heavy atom. The maximum absolute atomic E-state index is 5.54. The summed E-state index contributed by atoms with van der Waals surface area (Å²) in [6.07, 6.45) is 8.41. The maximum atomic E-state index is 5.54. The third kappa shape index (κ3) is 4.83. The predicted molar refractivity (Wildman–Crippen MR) is 168 cm³/mol. The molecule has 1 aliphatic heterocycles. The molecular weight excluding hydrogens is 488 g/mol. The summed E-state index contributed by atoms with van der Waals surface area (Å²) in [6.45, 7) is 13.5. The van der Waals surface area contributed by atoms with Gasteiger partial charge in [-0.15, -0.1) is 0 Å². The molecule has 0 fully saturated rings. The molecule has 2 aromatic heterocycles. The number of fused-ring (bicyclic) bond motifs is 1. The molecule has 0 amide bonds. The molecule has 40 heavy (non-hydrogen) atoms. The molecule has 1 aliphatic carbocycles. The number of H-pyrrole nitrogens is 2. The van der Waals surface area contributed by atoms with Gasteiger partial charge in [-0.25, -0.2) is 4.99 Å². The number of aromatic amines is 2. The fourth-order valence-corrected chi connectivity index (χ4v) is 5.58. The lowest BCUT2D eigenvalue weighted by molar-refractivity contribution is 0.590. The number of rotatable bonds is 4. The highest BCUT2D eigenvalue weighted by molar-refractivity contribution is 6.54. The van der Waals surface area contributed by atoms with Crippen LogP contribution in [0.25, 0.3) is 5.57 Å². The van der Waals surface area contributed by atoms with Gasteiger partial charge in [-0.3, -0.25) is 4.99 Å². The Hall–Kier alpha value is -4.18. The van der Waals surface area contributed by atoms with E-state index in [2.05, 4.69) is 130 Å². The van der Waals surface area contributed by atoms with E-state index in [0.29, 0.717) is 0 Å². The lowest BCUT2D eigenvalue weighted by Gasteiger charge is -2.32. The van der Waals surface area contributed by atoms with Gasteiger partial charge < -0.3 is 9.97 Å². The molecule has 202 valence electrons. The Morgan fingerprint density at radius 1 is 0.650 bits per heavy atom. The van der Waals surface area contributed by atoms with E-state index in [1.54, 1.807) is 0 Å². The van der Waals surface area contributed by atoms with E-state index in [0.717, 1.165) is 45.2 Å². The van der Waals surface area contributed by atoms with Gasteiger partial charge in [0.25, 0.3) is 0 Å². The lowest BCUT2D eigenvalue weighted by atomic mass is 9.82. The van der Waals surface area contributed by atoms with Gasteiger partial charge >= 0.3 is 0 Å². The fraction of sp³-hybridized carbons (Fsp3) is 0.278. The van der Waals surface area contributed by atoms with E-state index in [1.165, 1.54) is 11.1 Å². The van der Waals surface area contributed by atoms with Gasteiger partial charge in [0.2, 0.25) is 0 Å². The summed E-state index contributed by atoms with van der Waals surface area (Å²) in [5, 5.41) is 0. The van der Waals surface area contributed by atoms with Crippen molar-refractivity contribution in [3.8, 4) is 0 Å². The Labute approximate surface area is 237 Å². The normalized spacial score (nSPS) is 19.4. The minimum Gasteiger partial charge on any atom is -0.364 e. The molecule has 6 rings (SSSR count). The minimum absolute atomic E-state index is 0.0705. The first-order chi connectivity index (χ1) is 19.1. The Kier molecular flexibility index (Phi) is 6.37. The first-order valence-corrected chi connectivity index (χ1v) is 14.2. The van der Waals surface area contributed by atoms with Crippen molar-refractivity contribution in [1.29, 1.82) is 0 Å². The molecule has 0 radical (unpaired) electrons. The lowest BCUT2D eigenvalue weighted by Crippen LogP contribution is -2.31. The van der Waals surface area contributed by atoms with Crippen molar-refractivity contribution in [2.24, 2.45) is 9.98 Å². The second-order valence-electron chi connectivity index (χ2n) is 12.9. The SMILES string of the molecule is CC(C)(C)c1ccc(C2=NC3=C(c4ccc[nH]4)C=CC(c4ccc[nH]4)C3N=C2c2ccc(C(C)(C)C)cc2)cc1. The van der Waals surface area contributed by atoms with E-state index in [1.807, 2.05) is 18.5 Å². The van der Waals surface area contributed by atoms with Crippen LogP contribution in [-0.4, -0.2) is 27.4 Å². The molecule has 3 heterocycles. The number of hydrogen-bond donors (Lipinski definition) is 2. The number of benzene rings is 2. The van der Waals surface area contributed by atoms with Crippen LogP contribution in [0.4, 0.5) is 0 Å². The second kappa shape index (κ2) is 9.78. The number of aromatic nitrogens is 2. The largest absolute Gasteiger partial charge is 0.364 e. The van der Waals surface area contributed by atoms with Crippen molar-refractivity contribution in [1.82, 2.24) is 9.97 Å². The number of aliphatic imine (C=N–C) groups is 2. The van der Waals surface area contributed by atoms with Crippen molar-refractivity contribution < 1.29 is 0 Å². The van der Waals surface area contributed by atoms with Crippen LogP contribution in [0.3, 0.4) is 0 Å². The summed E-state index contributed by atoms with van der Waals surface area (Å²) in [7, 11) is 0. The molecule has 4 aromatic rings. The molecule has 0 spiro atoms. The Balaban J connectivity index is 1.55. The highest BCUT2D eigenvalue weighted by atomic mass is 15.0. The first-order valence-electron chi connectivity index (χ1n) is 14.2. The summed E-state index contributed by atoms with van der Waals surface area (Å²) in [5.74, 6) is 0.0705. The topological polar surface area (TPSA) is 56.3 Å². The maximum Gasteiger partial charge on any atom is 0.105 e. The van der Waals surface area contributed by atoms with E-state index in [9.17, 15) is 0 Å². The molecular formula is C36H38N4. The number of nitrogens with one attached hydrogen (secondary N) is 2. The molecule has 2 aromatic carbocycles. The fourth-order valence-electron chi connectivity index (χ4n) is 5.58. The molecule has 2 N–H and O–H groups in total. The number of hydrogen-bond acceptors (Lipinski definition) is 2. The van der Waals surface area contributed by atoms with Crippen molar-refractivity contribution in [2.75, 3.05) is 0 Å². The van der Waals surface area contributed by atoms with E-state index in [4.69, 9.17) is 9.98 Å². The quantitative estimate of drug-likeness (QED) is 0.268. The van der Waals surface area contributed by atoms with Gasteiger partial charge in [0.15, 0.2) is 0 Å². The van der Waals surface area contributed by atoms with Crippen LogP contribution < -0.4 is 0 Å². The van der Waals surface area contributed by atoms with Crippen LogP contribution in [0.1, 0.15) is 81.1 Å². The van der Waals surface area contributed by atoms with E-state index >= 15 is 0 Å². The summed E-state index contributed by atoms with van der Waals surface area (Å²) < 4.78 is 0. The van der Waals surface area contributed by atoms with Crippen molar-refractivity contribution in [2.45, 2.75) is 64.3 Å². The summed E-state index contributed by atoms with van der Waals surface area (Å²) in [6, 6.07) is 25.9.